The summed E-state index contributed by atoms with van der Waals surface area (Å²) in [6.45, 7) is 0.258. The summed E-state index contributed by atoms with van der Waals surface area (Å²) < 4.78 is 0. The highest BCUT2D eigenvalue weighted by Gasteiger charge is 1.96. The number of carboxylic acid groups (broad SMARTS) is 1. The molecule has 1 amide bonds. The van der Waals surface area contributed by atoms with Gasteiger partial charge in [0.15, 0.2) is 0 Å². The average molecular weight is 179 g/mol. The minimum Gasteiger partial charge on any atom is -0.465 e. The predicted octanol–water partition coefficient (Wildman–Crippen LogP) is 1.27. The minimum atomic E-state index is -1.06. The van der Waals surface area contributed by atoms with Crippen LogP contribution in [0.5, 0.6) is 0 Å². The van der Waals surface area contributed by atoms with Crippen molar-refractivity contribution in [3.63, 3.8) is 0 Å². The molecule has 0 aliphatic carbocycles. The van der Waals surface area contributed by atoms with E-state index in [0.29, 0.717) is 5.56 Å². The summed E-state index contributed by atoms with van der Waals surface area (Å²) in [5, 5.41) is 10.5. The Labute approximate surface area is 75.2 Å². The number of benzene rings is 1. The van der Waals surface area contributed by atoms with Crippen LogP contribution in [0.2, 0.25) is 0 Å². The second kappa shape index (κ2) is 4.25. The Morgan fingerprint density at radius 2 is 2.00 bits per heavy atom. The van der Waals surface area contributed by atoms with Gasteiger partial charge in [-0.2, -0.15) is 0 Å². The van der Waals surface area contributed by atoms with Gasteiger partial charge in [0.05, 0.1) is 0 Å². The van der Waals surface area contributed by atoms with Gasteiger partial charge in [-0.05, 0) is 5.56 Å². The molecule has 0 radical (unpaired) electrons. The van der Waals surface area contributed by atoms with Crippen molar-refractivity contribution in [2.75, 3.05) is 0 Å². The van der Waals surface area contributed by atoms with Crippen LogP contribution >= 0.6 is 0 Å². The van der Waals surface area contributed by atoms with E-state index in [1.165, 1.54) is 0 Å². The standard InChI is InChI=1S/C9H9NO3/c11-6-8-3-1-7(2-4-8)5-10-9(12)13/h1-4,6,10H,5H2,(H,12,13). The van der Waals surface area contributed by atoms with Crippen LogP contribution in [0.3, 0.4) is 0 Å². The molecule has 0 saturated carbocycles. The van der Waals surface area contributed by atoms with Gasteiger partial charge in [-0.15, -0.1) is 0 Å². The molecule has 0 aromatic heterocycles. The molecule has 0 aliphatic heterocycles. The van der Waals surface area contributed by atoms with Gasteiger partial charge in [0.25, 0.3) is 0 Å². The van der Waals surface area contributed by atoms with Crippen molar-refractivity contribution in [1.82, 2.24) is 5.32 Å². The Balaban J connectivity index is 2.59. The van der Waals surface area contributed by atoms with Crippen molar-refractivity contribution in [1.29, 1.82) is 0 Å². The van der Waals surface area contributed by atoms with E-state index in [4.69, 9.17) is 5.11 Å². The first-order valence-corrected chi connectivity index (χ1v) is 3.73. The highest BCUT2D eigenvalue weighted by atomic mass is 16.4. The maximum Gasteiger partial charge on any atom is 0.404 e. The molecule has 0 heterocycles. The molecule has 0 spiro atoms. The summed E-state index contributed by atoms with van der Waals surface area (Å²) in [5.41, 5.74) is 1.41. The van der Waals surface area contributed by atoms with Crippen LogP contribution in [-0.4, -0.2) is 17.5 Å². The third kappa shape index (κ3) is 2.94. The summed E-state index contributed by atoms with van der Waals surface area (Å²) in [5.74, 6) is 0. The molecule has 1 aromatic carbocycles. The number of carbonyl (C=O) groups excluding carboxylic acids is 1. The van der Waals surface area contributed by atoms with E-state index in [-0.39, 0.29) is 6.54 Å². The lowest BCUT2D eigenvalue weighted by atomic mass is 10.1. The molecule has 1 rings (SSSR count). The van der Waals surface area contributed by atoms with Gasteiger partial charge in [-0.25, -0.2) is 4.79 Å². The molecule has 68 valence electrons. The molecule has 0 fully saturated rings. The molecule has 4 nitrogen and oxygen atoms in total. The quantitative estimate of drug-likeness (QED) is 0.686. The number of rotatable bonds is 3. The van der Waals surface area contributed by atoms with Crippen molar-refractivity contribution in [2.45, 2.75) is 6.54 Å². The van der Waals surface area contributed by atoms with Crippen LogP contribution in [0.25, 0.3) is 0 Å². The SMILES string of the molecule is O=Cc1ccc(CNC(=O)O)cc1. The molecule has 13 heavy (non-hydrogen) atoms. The van der Waals surface area contributed by atoms with Gasteiger partial charge < -0.3 is 10.4 Å². The lowest BCUT2D eigenvalue weighted by molar-refractivity contribution is 0.112. The fraction of sp³-hybridized carbons (Fsp3) is 0.111. The topological polar surface area (TPSA) is 66.4 Å². The zero-order valence-electron chi connectivity index (χ0n) is 6.86. The summed E-state index contributed by atoms with van der Waals surface area (Å²) in [6, 6.07) is 6.71. The van der Waals surface area contributed by atoms with Crippen LogP contribution in [0.4, 0.5) is 4.79 Å². The van der Waals surface area contributed by atoms with E-state index in [1.54, 1.807) is 24.3 Å². The van der Waals surface area contributed by atoms with E-state index in [0.717, 1.165) is 11.8 Å². The number of aldehydes is 1. The van der Waals surface area contributed by atoms with E-state index in [1.807, 2.05) is 0 Å². The normalized spacial score (nSPS) is 9.23. The Bertz CT molecular complexity index is 305. The zero-order valence-corrected chi connectivity index (χ0v) is 6.86. The lowest BCUT2D eigenvalue weighted by Gasteiger charge is -2.00. The Morgan fingerprint density at radius 1 is 1.38 bits per heavy atom. The van der Waals surface area contributed by atoms with Crippen LogP contribution in [-0.2, 0) is 6.54 Å². The van der Waals surface area contributed by atoms with Gasteiger partial charge in [-0.1, -0.05) is 24.3 Å². The molecule has 0 unspecified atom stereocenters. The van der Waals surface area contributed by atoms with Crippen molar-refractivity contribution in [3.8, 4) is 0 Å². The first-order chi connectivity index (χ1) is 6.22. The third-order valence-corrected chi connectivity index (χ3v) is 1.56. The van der Waals surface area contributed by atoms with E-state index < -0.39 is 6.09 Å². The number of carbonyl (C=O) groups is 2. The molecular weight excluding hydrogens is 170 g/mol. The third-order valence-electron chi connectivity index (χ3n) is 1.56. The number of hydrogen-bond donors (Lipinski definition) is 2. The molecule has 0 bridgehead atoms. The van der Waals surface area contributed by atoms with Crippen LogP contribution in [0.15, 0.2) is 24.3 Å². The molecule has 0 saturated heterocycles. The molecule has 0 aliphatic rings. The fourth-order valence-electron chi connectivity index (χ4n) is 0.892. The summed E-state index contributed by atoms with van der Waals surface area (Å²) in [4.78, 5) is 20.4. The molecular formula is C9H9NO3. The Kier molecular flexibility index (Phi) is 3.03. The zero-order chi connectivity index (χ0) is 9.68. The van der Waals surface area contributed by atoms with Crippen molar-refractivity contribution >= 4 is 12.4 Å². The molecule has 1 aromatic rings. The second-order valence-corrected chi connectivity index (χ2v) is 2.52. The highest BCUT2D eigenvalue weighted by Crippen LogP contribution is 2.01. The van der Waals surface area contributed by atoms with E-state index in [2.05, 4.69) is 5.32 Å². The monoisotopic (exact) mass is 179 g/mol. The Morgan fingerprint density at radius 3 is 2.46 bits per heavy atom. The second-order valence-electron chi connectivity index (χ2n) is 2.52. The van der Waals surface area contributed by atoms with Crippen molar-refractivity contribution in [2.24, 2.45) is 0 Å². The van der Waals surface area contributed by atoms with Gasteiger partial charge >= 0.3 is 6.09 Å². The van der Waals surface area contributed by atoms with Gasteiger partial charge in [0, 0.05) is 12.1 Å². The smallest absolute Gasteiger partial charge is 0.404 e. The Hall–Kier alpha value is -1.84. The molecule has 2 N–H and O–H groups in total. The minimum absolute atomic E-state index is 0.258. The van der Waals surface area contributed by atoms with Crippen LogP contribution < -0.4 is 5.32 Å². The van der Waals surface area contributed by atoms with Crippen LogP contribution in [0, 0.1) is 0 Å². The molecule has 0 atom stereocenters. The fourth-order valence-corrected chi connectivity index (χ4v) is 0.892. The lowest BCUT2D eigenvalue weighted by Crippen LogP contribution is -2.19. The summed E-state index contributed by atoms with van der Waals surface area (Å²) >= 11 is 0. The van der Waals surface area contributed by atoms with E-state index in [9.17, 15) is 9.59 Å². The first-order valence-electron chi connectivity index (χ1n) is 3.73. The maximum absolute atomic E-state index is 10.3. The van der Waals surface area contributed by atoms with Gasteiger partial charge in [-0.3, -0.25) is 4.79 Å². The number of nitrogens with one attached hydrogen (secondary N) is 1. The number of hydrogen-bond acceptors (Lipinski definition) is 2. The maximum atomic E-state index is 10.3. The first kappa shape index (κ1) is 9.25. The summed E-state index contributed by atoms with van der Waals surface area (Å²) in [6.07, 6.45) is -0.312. The largest absolute Gasteiger partial charge is 0.465 e. The average Bonchev–Trinajstić information content (AvgIpc) is 2.15. The van der Waals surface area contributed by atoms with Crippen molar-refractivity contribution < 1.29 is 14.7 Å². The van der Waals surface area contributed by atoms with Crippen LogP contribution in [0.1, 0.15) is 15.9 Å². The van der Waals surface area contributed by atoms with E-state index >= 15 is 0 Å². The van der Waals surface area contributed by atoms with Gasteiger partial charge in [0.2, 0.25) is 0 Å². The summed E-state index contributed by atoms with van der Waals surface area (Å²) in [7, 11) is 0. The number of amides is 1. The van der Waals surface area contributed by atoms with Gasteiger partial charge in [0.1, 0.15) is 6.29 Å². The predicted molar refractivity (Wildman–Crippen MR) is 46.7 cm³/mol. The highest BCUT2D eigenvalue weighted by molar-refractivity contribution is 5.74. The van der Waals surface area contributed by atoms with Crippen molar-refractivity contribution in [3.05, 3.63) is 35.4 Å². The molecule has 4 heteroatoms.